The average molecular weight is 380 g/mol. The highest BCUT2D eigenvalue weighted by atomic mass is 16.6. The van der Waals surface area contributed by atoms with E-state index in [4.69, 9.17) is 0 Å². The normalized spacial score (nSPS) is 18.8. The maximum atomic E-state index is 12.3. The molecule has 0 radical (unpaired) electrons. The predicted octanol–water partition coefficient (Wildman–Crippen LogP) is 3.22. The van der Waals surface area contributed by atoms with Gasteiger partial charge in [-0.1, -0.05) is 57.2 Å². The fourth-order valence-corrected chi connectivity index (χ4v) is 3.12. The second-order valence-corrected chi connectivity index (χ2v) is 8.01. The monoisotopic (exact) mass is 380 g/mol. The van der Waals surface area contributed by atoms with Crippen LogP contribution in [0.25, 0.3) is 0 Å². The van der Waals surface area contributed by atoms with Crippen molar-refractivity contribution in [3.05, 3.63) is 69.3 Å². The summed E-state index contributed by atoms with van der Waals surface area (Å²) < 4.78 is 0. The third kappa shape index (κ3) is 4.19. The molecule has 0 saturated heterocycles. The number of hydrogen-bond acceptors (Lipinski definition) is 5. The number of hydrazone groups is 1. The van der Waals surface area contributed by atoms with Crippen LogP contribution in [0.15, 0.2) is 47.6 Å². The molecule has 1 saturated carbocycles. The number of hydrogen-bond donors (Lipinski definition) is 1. The lowest BCUT2D eigenvalue weighted by atomic mass is 9.86. The molecule has 1 amide bonds. The first kappa shape index (κ1) is 19.5. The van der Waals surface area contributed by atoms with Crippen LogP contribution in [0.1, 0.15) is 49.8 Å². The van der Waals surface area contributed by atoms with Gasteiger partial charge < -0.3 is 5.11 Å². The Morgan fingerprint density at radius 1 is 1.21 bits per heavy atom. The van der Waals surface area contributed by atoms with Crippen molar-refractivity contribution >= 4 is 17.8 Å². The number of nitrogens with zero attached hydrogens (tertiary/aromatic N) is 2. The van der Waals surface area contributed by atoms with E-state index < -0.39 is 16.4 Å². The molecule has 7 heteroatoms. The van der Waals surface area contributed by atoms with E-state index in [1.54, 1.807) is 0 Å². The summed E-state index contributed by atoms with van der Waals surface area (Å²) in [6, 6.07) is 12.3. The molecule has 1 fully saturated rings. The Balaban J connectivity index is 1.59. The van der Waals surface area contributed by atoms with Crippen molar-refractivity contribution in [3.63, 3.8) is 0 Å². The van der Waals surface area contributed by atoms with Crippen molar-refractivity contribution in [3.8, 4) is 5.75 Å². The van der Waals surface area contributed by atoms with E-state index in [0.29, 0.717) is 0 Å². The number of benzene rings is 2. The highest BCUT2D eigenvalue weighted by Crippen LogP contribution is 2.47. The lowest BCUT2D eigenvalue weighted by Crippen LogP contribution is -2.20. The summed E-state index contributed by atoms with van der Waals surface area (Å²) in [7, 11) is 0. The standard InChI is InChI=1S/C21H23N3O4/c1-21(2,3)15-9-7-13(8-10-15)16-11-17(16)20(26)23-22-12-14-5-4-6-18(19(14)25)24(27)28/h4-10,12,16-17,25H,11H2,1-3H3,(H,23,26)/p-1/b22-12-/t16-,17-/m1/s1. The van der Waals surface area contributed by atoms with Crippen LogP contribution in [-0.4, -0.2) is 17.0 Å². The maximum Gasteiger partial charge on any atom is 0.262 e. The minimum absolute atomic E-state index is 0.0552. The molecule has 0 spiro atoms. The smallest absolute Gasteiger partial charge is 0.262 e. The fourth-order valence-electron chi connectivity index (χ4n) is 3.12. The zero-order chi connectivity index (χ0) is 20.5. The molecular formula is C21H22N3O4-. The van der Waals surface area contributed by atoms with Gasteiger partial charge in [0, 0.05) is 12.0 Å². The highest BCUT2D eigenvalue weighted by molar-refractivity contribution is 5.88. The lowest BCUT2D eigenvalue weighted by molar-refractivity contribution is -0.398. The van der Waals surface area contributed by atoms with Crippen LogP contribution < -0.4 is 10.5 Å². The third-order valence-corrected chi connectivity index (χ3v) is 4.93. The summed E-state index contributed by atoms with van der Waals surface area (Å²) in [6.45, 7) is 6.46. The van der Waals surface area contributed by atoms with Crippen LogP contribution in [0.5, 0.6) is 5.75 Å². The molecule has 146 valence electrons. The minimum Gasteiger partial charge on any atom is -0.867 e. The molecule has 2 aromatic carbocycles. The lowest BCUT2D eigenvalue weighted by Gasteiger charge is -2.19. The van der Waals surface area contributed by atoms with E-state index in [1.807, 2.05) is 0 Å². The van der Waals surface area contributed by atoms with Crippen molar-refractivity contribution in [2.45, 2.75) is 38.5 Å². The first-order valence-electron chi connectivity index (χ1n) is 9.06. The van der Waals surface area contributed by atoms with Gasteiger partial charge in [-0.2, -0.15) is 5.10 Å². The number of carbonyl (C=O) groups excluding carboxylic acids is 1. The molecule has 28 heavy (non-hydrogen) atoms. The molecule has 1 aliphatic carbocycles. The van der Waals surface area contributed by atoms with E-state index in [0.717, 1.165) is 24.3 Å². The SMILES string of the molecule is CC(C)(C)c1ccc([C@H]2C[C@H]2C(=O)N/N=C\c2cccc([N+](=O)[O-])c2[O-])cc1. The molecular weight excluding hydrogens is 358 g/mol. The molecule has 3 rings (SSSR count). The maximum absolute atomic E-state index is 12.3. The van der Waals surface area contributed by atoms with Crippen LogP contribution in [0.2, 0.25) is 0 Å². The first-order chi connectivity index (χ1) is 13.2. The van der Waals surface area contributed by atoms with E-state index in [2.05, 4.69) is 55.6 Å². The van der Waals surface area contributed by atoms with Crippen LogP contribution >= 0.6 is 0 Å². The second kappa shape index (κ2) is 7.42. The Hall–Kier alpha value is -3.22. The second-order valence-electron chi connectivity index (χ2n) is 8.01. The Kier molecular flexibility index (Phi) is 5.18. The number of carbonyl (C=O) groups is 1. The quantitative estimate of drug-likeness (QED) is 0.488. The Labute approximate surface area is 163 Å². The zero-order valence-corrected chi connectivity index (χ0v) is 16.0. The van der Waals surface area contributed by atoms with Crippen molar-refractivity contribution in [2.24, 2.45) is 11.0 Å². The Morgan fingerprint density at radius 3 is 2.50 bits per heavy atom. The molecule has 2 aromatic rings. The van der Waals surface area contributed by atoms with Gasteiger partial charge in [0.15, 0.2) is 0 Å². The highest BCUT2D eigenvalue weighted by Gasteiger charge is 2.44. The van der Waals surface area contributed by atoms with Gasteiger partial charge in [0.05, 0.1) is 11.1 Å². The number of rotatable bonds is 5. The third-order valence-electron chi connectivity index (χ3n) is 4.93. The van der Waals surface area contributed by atoms with Gasteiger partial charge in [-0.3, -0.25) is 14.9 Å². The van der Waals surface area contributed by atoms with Gasteiger partial charge in [0.25, 0.3) is 5.69 Å². The fraction of sp³-hybridized carbons (Fsp3) is 0.333. The zero-order valence-electron chi connectivity index (χ0n) is 16.0. The predicted molar refractivity (Wildman–Crippen MR) is 104 cm³/mol. The van der Waals surface area contributed by atoms with Crippen LogP contribution in [0, 0.1) is 16.0 Å². The molecule has 0 heterocycles. The Bertz CT molecular complexity index is 930. The molecule has 0 aliphatic heterocycles. The number of nitro groups is 1. The summed E-state index contributed by atoms with van der Waals surface area (Å²) in [6.07, 6.45) is 1.89. The van der Waals surface area contributed by atoms with E-state index >= 15 is 0 Å². The summed E-state index contributed by atoms with van der Waals surface area (Å²) in [5.74, 6) is -0.945. The van der Waals surface area contributed by atoms with Gasteiger partial charge in [0.1, 0.15) is 0 Å². The summed E-state index contributed by atoms with van der Waals surface area (Å²) in [4.78, 5) is 22.3. The molecule has 0 aromatic heterocycles. The molecule has 1 N–H and O–H groups in total. The number of nitro benzene ring substituents is 1. The van der Waals surface area contributed by atoms with E-state index in [1.165, 1.54) is 17.7 Å². The number of nitrogens with one attached hydrogen (secondary N) is 1. The number of para-hydroxylation sites is 1. The molecule has 2 atom stereocenters. The molecule has 0 bridgehead atoms. The number of amides is 1. The van der Waals surface area contributed by atoms with Crippen molar-refractivity contribution in [1.29, 1.82) is 0 Å². The van der Waals surface area contributed by atoms with Crippen molar-refractivity contribution < 1.29 is 14.8 Å². The first-order valence-corrected chi connectivity index (χ1v) is 9.06. The van der Waals surface area contributed by atoms with Crippen molar-refractivity contribution in [2.75, 3.05) is 0 Å². The summed E-state index contributed by atoms with van der Waals surface area (Å²) in [5.41, 5.74) is 4.41. The van der Waals surface area contributed by atoms with Gasteiger partial charge in [-0.05, 0) is 40.2 Å². The minimum atomic E-state index is -0.738. The summed E-state index contributed by atoms with van der Waals surface area (Å²) >= 11 is 0. The van der Waals surface area contributed by atoms with Gasteiger partial charge in [-0.15, -0.1) is 0 Å². The van der Waals surface area contributed by atoms with Gasteiger partial charge >= 0.3 is 0 Å². The Morgan fingerprint density at radius 2 is 1.89 bits per heavy atom. The van der Waals surface area contributed by atoms with E-state index in [-0.39, 0.29) is 28.7 Å². The van der Waals surface area contributed by atoms with Gasteiger partial charge in [-0.25, -0.2) is 5.43 Å². The van der Waals surface area contributed by atoms with Crippen molar-refractivity contribution in [1.82, 2.24) is 5.43 Å². The topological polar surface area (TPSA) is 108 Å². The molecule has 1 aliphatic rings. The molecule has 0 unspecified atom stereocenters. The van der Waals surface area contributed by atoms with Crippen LogP contribution in [0.3, 0.4) is 0 Å². The largest absolute Gasteiger partial charge is 0.867 e. The van der Waals surface area contributed by atoms with Crippen LogP contribution in [-0.2, 0) is 10.2 Å². The summed E-state index contributed by atoms with van der Waals surface area (Å²) in [5, 5.41) is 26.5. The van der Waals surface area contributed by atoms with Gasteiger partial charge in [0.2, 0.25) is 5.91 Å². The average Bonchev–Trinajstić information content (AvgIpc) is 3.43. The van der Waals surface area contributed by atoms with Crippen LogP contribution in [0.4, 0.5) is 5.69 Å². The molecule has 7 nitrogen and oxygen atoms in total. The van der Waals surface area contributed by atoms with E-state index in [9.17, 15) is 20.0 Å².